The van der Waals surface area contributed by atoms with Crippen LogP contribution in [0.2, 0.25) is 0 Å². The summed E-state index contributed by atoms with van der Waals surface area (Å²) in [4.78, 5) is 15.1. The van der Waals surface area contributed by atoms with E-state index in [-0.39, 0.29) is 23.5 Å². The van der Waals surface area contributed by atoms with Crippen LogP contribution in [0.5, 0.6) is 5.75 Å². The summed E-state index contributed by atoms with van der Waals surface area (Å²) in [5.41, 5.74) is 3.42. The Kier molecular flexibility index (Phi) is 7.77. The van der Waals surface area contributed by atoms with Crippen molar-refractivity contribution in [2.75, 3.05) is 26.0 Å². The number of benzene rings is 2. The zero-order valence-corrected chi connectivity index (χ0v) is 22.6. The van der Waals surface area contributed by atoms with Crippen LogP contribution >= 0.6 is 0 Å². The second kappa shape index (κ2) is 10.9. The second-order valence-corrected chi connectivity index (χ2v) is 9.32. The predicted octanol–water partition coefficient (Wildman–Crippen LogP) is 5.02. The summed E-state index contributed by atoms with van der Waals surface area (Å²) in [5.74, 6) is -0.413. The molecule has 0 fully saturated rings. The van der Waals surface area contributed by atoms with Gasteiger partial charge in [0.15, 0.2) is 0 Å². The maximum absolute atomic E-state index is 13.7. The minimum Gasteiger partial charge on any atom is -0.494 e. The van der Waals surface area contributed by atoms with Gasteiger partial charge >= 0.3 is 6.18 Å². The molecule has 0 spiro atoms. The quantitative estimate of drug-likeness (QED) is 0.337. The van der Waals surface area contributed by atoms with Gasteiger partial charge in [-0.15, -0.1) is 5.10 Å². The van der Waals surface area contributed by atoms with Gasteiger partial charge in [0.2, 0.25) is 0 Å². The highest BCUT2D eigenvalue weighted by molar-refractivity contribution is 6.05. The lowest BCUT2D eigenvalue weighted by atomic mass is 10.1. The van der Waals surface area contributed by atoms with Crippen molar-refractivity contribution < 1.29 is 22.7 Å². The van der Waals surface area contributed by atoms with Crippen molar-refractivity contribution in [3.63, 3.8) is 0 Å². The fraction of sp³-hybridized carbons (Fsp3) is 0.333. The number of nitrogens with one attached hydrogen (secondary N) is 1. The third kappa shape index (κ3) is 5.80. The van der Waals surface area contributed by atoms with E-state index in [2.05, 4.69) is 20.7 Å². The highest BCUT2D eigenvalue weighted by atomic mass is 19.4. The van der Waals surface area contributed by atoms with Gasteiger partial charge in [0.1, 0.15) is 11.4 Å². The van der Waals surface area contributed by atoms with E-state index >= 15 is 0 Å². The van der Waals surface area contributed by atoms with E-state index in [1.165, 1.54) is 7.11 Å². The first kappa shape index (κ1) is 27.8. The lowest BCUT2D eigenvalue weighted by Gasteiger charge is -2.21. The molecule has 0 aliphatic rings. The number of amides is 1. The van der Waals surface area contributed by atoms with Gasteiger partial charge in [-0.05, 0) is 57.3 Å². The fourth-order valence-electron chi connectivity index (χ4n) is 4.15. The Labute approximate surface area is 224 Å². The molecule has 39 heavy (non-hydrogen) atoms. The summed E-state index contributed by atoms with van der Waals surface area (Å²) in [6, 6.07) is 6.90. The van der Waals surface area contributed by atoms with Gasteiger partial charge in [-0.1, -0.05) is 18.2 Å². The number of anilines is 1. The predicted molar refractivity (Wildman–Crippen MR) is 141 cm³/mol. The van der Waals surface area contributed by atoms with Crippen LogP contribution in [0.4, 0.5) is 18.9 Å². The number of hydrogen-bond acceptors (Lipinski definition) is 6. The number of methoxy groups -OCH3 is 1. The number of carbonyl (C=O) groups is 1. The van der Waals surface area contributed by atoms with Crippen molar-refractivity contribution >= 4 is 11.6 Å². The maximum Gasteiger partial charge on any atom is 0.416 e. The molecule has 0 radical (unpaired) electrons. The van der Waals surface area contributed by atoms with E-state index in [1.54, 1.807) is 47.0 Å². The molecular weight excluding hydrogens is 511 g/mol. The van der Waals surface area contributed by atoms with Crippen molar-refractivity contribution in [3.8, 4) is 22.7 Å². The molecule has 9 nitrogen and oxygen atoms in total. The van der Waals surface area contributed by atoms with Gasteiger partial charge in [0.25, 0.3) is 5.91 Å². The molecule has 0 atom stereocenters. The molecule has 0 saturated heterocycles. The van der Waals surface area contributed by atoms with E-state index in [0.29, 0.717) is 23.5 Å². The summed E-state index contributed by atoms with van der Waals surface area (Å²) in [5, 5.41) is 15.3. The number of alkyl halides is 3. The van der Waals surface area contributed by atoms with Crippen LogP contribution in [-0.2, 0) is 19.8 Å². The molecule has 0 aliphatic heterocycles. The first-order valence-corrected chi connectivity index (χ1v) is 12.2. The zero-order valence-electron chi connectivity index (χ0n) is 22.6. The number of nitrogens with zero attached hydrogens (tertiary/aromatic N) is 6. The Morgan fingerprint density at radius 3 is 2.54 bits per heavy atom. The van der Waals surface area contributed by atoms with Crippen molar-refractivity contribution in [1.82, 2.24) is 29.7 Å². The van der Waals surface area contributed by atoms with Crippen molar-refractivity contribution in [2.24, 2.45) is 7.05 Å². The third-order valence-corrected chi connectivity index (χ3v) is 6.65. The van der Waals surface area contributed by atoms with Gasteiger partial charge in [0, 0.05) is 36.0 Å². The van der Waals surface area contributed by atoms with Gasteiger partial charge in [-0.25, -0.2) is 4.68 Å². The topological polar surface area (TPSA) is 90.1 Å². The van der Waals surface area contributed by atoms with Crippen LogP contribution in [-0.4, -0.2) is 56.3 Å². The van der Waals surface area contributed by atoms with E-state index in [9.17, 15) is 18.0 Å². The number of ether oxygens (including phenoxy) is 1. The Balaban J connectivity index is 1.68. The molecule has 0 aliphatic carbocycles. The highest BCUT2D eigenvalue weighted by Gasteiger charge is 2.33. The molecule has 4 rings (SSSR count). The number of rotatable bonds is 8. The van der Waals surface area contributed by atoms with Crippen molar-refractivity contribution in [3.05, 3.63) is 70.7 Å². The lowest BCUT2D eigenvalue weighted by molar-refractivity contribution is -0.137. The largest absolute Gasteiger partial charge is 0.494 e. The Hall–Kier alpha value is -4.19. The average Bonchev–Trinajstić information content (AvgIpc) is 3.50. The van der Waals surface area contributed by atoms with Crippen LogP contribution in [0.15, 0.2) is 42.7 Å². The van der Waals surface area contributed by atoms with Crippen LogP contribution in [0.3, 0.4) is 0 Å². The van der Waals surface area contributed by atoms with Crippen LogP contribution in [0, 0.1) is 13.8 Å². The minimum atomic E-state index is -4.60. The number of hydrogen-bond donors (Lipinski definition) is 1. The molecule has 4 aromatic rings. The summed E-state index contributed by atoms with van der Waals surface area (Å²) in [6.07, 6.45) is -1.16. The van der Waals surface area contributed by atoms with Gasteiger partial charge in [-0.3, -0.25) is 9.48 Å². The monoisotopic (exact) mass is 541 g/mol. The molecule has 12 heteroatoms. The molecule has 0 saturated carbocycles. The number of aryl methyl sites for hydroxylation is 2. The Morgan fingerprint density at radius 1 is 1.18 bits per heavy atom. The molecule has 2 aromatic heterocycles. The van der Waals surface area contributed by atoms with Crippen LogP contribution in [0.1, 0.15) is 39.7 Å². The SMILES string of the molecule is CCN(C)Cc1cc(C(F)(F)F)cc(NC(=O)c2ccc(C)c(-n3cc(-c4cnn(C)c4C)nn3)c2)c1OC. The standard InChI is InChI=1S/C27H30F3N7O2/c1-7-35(4)14-19-10-20(27(28,29)30)12-22(25(19)39-6)32-26(38)18-9-8-16(2)24(11-18)37-15-23(33-34-37)21-13-31-36(5)17(21)3/h8-13,15H,7,14H2,1-6H3,(H,32,38). The highest BCUT2D eigenvalue weighted by Crippen LogP contribution is 2.38. The summed E-state index contributed by atoms with van der Waals surface area (Å²) < 4.78 is 49.9. The smallest absolute Gasteiger partial charge is 0.416 e. The molecule has 1 N–H and O–H groups in total. The molecule has 2 heterocycles. The summed E-state index contributed by atoms with van der Waals surface area (Å²) in [6.45, 7) is 6.52. The summed E-state index contributed by atoms with van der Waals surface area (Å²) >= 11 is 0. The van der Waals surface area contributed by atoms with Gasteiger partial charge in [0.05, 0.1) is 36.4 Å². The molecule has 0 bridgehead atoms. The Bertz CT molecular complexity index is 1510. The fourth-order valence-corrected chi connectivity index (χ4v) is 4.15. The van der Waals surface area contributed by atoms with Crippen LogP contribution in [0.25, 0.3) is 16.9 Å². The number of aromatic nitrogens is 5. The first-order chi connectivity index (χ1) is 18.4. The van der Waals surface area contributed by atoms with Crippen LogP contribution < -0.4 is 10.1 Å². The maximum atomic E-state index is 13.7. The zero-order chi connectivity index (χ0) is 28.5. The van der Waals surface area contributed by atoms with Gasteiger partial charge in [-0.2, -0.15) is 18.3 Å². The van der Waals surface area contributed by atoms with E-state index in [0.717, 1.165) is 29.0 Å². The molecule has 0 unspecified atom stereocenters. The van der Waals surface area contributed by atoms with Gasteiger partial charge < -0.3 is 15.0 Å². The second-order valence-electron chi connectivity index (χ2n) is 9.32. The van der Waals surface area contributed by atoms with Crippen molar-refractivity contribution in [2.45, 2.75) is 33.5 Å². The number of halogens is 3. The van der Waals surface area contributed by atoms with Crippen molar-refractivity contribution in [1.29, 1.82) is 0 Å². The lowest BCUT2D eigenvalue weighted by Crippen LogP contribution is -2.20. The molecule has 206 valence electrons. The normalized spacial score (nSPS) is 11.7. The van der Waals surface area contributed by atoms with E-state index in [4.69, 9.17) is 4.74 Å². The summed E-state index contributed by atoms with van der Waals surface area (Å²) in [7, 11) is 4.99. The van der Waals surface area contributed by atoms with E-state index in [1.807, 2.05) is 32.7 Å². The third-order valence-electron chi connectivity index (χ3n) is 6.65. The van der Waals surface area contributed by atoms with E-state index < -0.39 is 17.6 Å². The molecule has 1 amide bonds. The molecule has 2 aromatic carbocycles. The first-order valence-electron chi connectivity index (χ1n) is 12.2. The number of carbonyl (C=O) groups excluding carboxylic acids is 1. The Morgan fingerprint density at radius 2 is 1.92 bits per heavy atom. The molecular formula is C27H30F3N7O2. The average molecular weight is 542 g/mol. The minimum absolute atomic E-state index is 0.0611.